The minimum Gasteiger partial charge on any atom is -0.497 e. The number of hydrogen-bond donors (Lipinski definition) is 3. The van der Waals surface area contributed by atoms with Gasteiger partial charge in [0.05, 0.1) is 13.7 Å². The Hall–Kier alpha value is -2.01. The molecule has 2 aromatic rings. The van der Waals surface area contributed by atoms with E-state index in [2.05, 4.69) is 20.9 Å². The Morgan fingerprint density at radius 3 is 2.42 bits per heavy atom. The Bertz CT molecular complexity index is 850. The Balaban J connectivity index is 0.00000480. The highest BCUT2D eigenvalue weighted by atomic mass is 127. The summed E-state index contributed by atoms with van der Waals surface area (Å²) in [6.45, 7) is 4.12. The van der Waals surface area contributed by atoms with Gasteiger partial charge in [0, 0.05) is 31.0 Å². The standard InChI is InChI=1S/C22H29FN4O2S.HI/c1-4-24-22(27-14-17-5-8-19(23)13-18(17)15-30-3)26-12-11-25-21(28)16-6-9-20(29-2)10-7-16;/h5-10,13H,4,11-12,14-15H2,1-3H3,(H,25,28)(H2,24,26,27);1H. The fourth-order valence-electron chi connectivity index (χ4n) is 2.75. The highest BCUT2D eigenvalue weighted by Gasteiger charge is 2.06. The summed E-state index contributed by atoms with van der Waals surface area (Å²) in [6.07, 6.45) is 1.99. The van der Waals surface area contributed by atoms with Crippen molar-refractivity contribution in [3.05, 3.63) is 65.0 Å². The van der Waals surface area contributed by atoms with Crippen LogP contribution in [0, 0.1) is 5.82 Å². The van der Waals surface area contributed by atoms with Gasteiger partial charge >= 0.3 is 0 Å². The van der Waals surface area contributed by atoms with Gasteiger partial charge in [-0.1, -0.05) is 6.07 Å². The first-order valence-corrected chi connectivity index (χ1v) is 11.2. The van der Waals surface area contributed by atoms with Crippen LogP contribution in [0.5, 0.6) is 5.75 Å². The van der Waals surface area contributed by atoms with Gasteiger partial charge in [0.2, 0.25) is 0 Å². The van der Waals surface area contributed by atoms with Crippen molar-refractivity contribution in [2.45, 2.75) is 19.2 Å². The van der Waals surface area contributed by atoms with E-state index in [1.165, 1.54) is 6.07 Å². The van der Waals surface area contributed by atoms with E-state index in [0.29, 0.717) is 43.5 Å². The van der Waals surface area contributed by atoms with Gasteiger partial charge in [-0.15, -0.1) is 24.0 Å². The zero-order valence-electron chi connectivity index (χ0n) is 18.0. The molecule has 31 heavy (non-hydrogen) atoms. The van der Waals surface area contributed by atoms with Crippen LogP contribution < -0.4 is 20.7 Å². The molecule has 2 aromatic carbocycles. The van der Waals surface area contributed by atoms with Crippen LogP contribution >= 0.6 is 35.7 Å². The molecule has 0 saturated carbocycles. The van der Waals surface area contributed by atoms with Crippen LogP contribution in [-0.2, 0) is 12.3 Å². The van der Waals surface area contributed by atoms with Gasteiger partial charge in [-0.05, 0) is 60.7 Å². The Morgan fingerprint density at radius 2 is 1.77 bits per heavy atom. The third-order valence-corrected chi connectivity index (χ3v) is 4.87. The van der Waals surface area contributed by atoms with Crippen molar-refractivity contribution in [2.24, 2.45) is 4.99 Å². The maximum absolute atomic E-state index is 13.5. The summed E-state index contributed by atoms with van der Waals surface area (Å²) in [5.74, 6) is 1.72. The molecule has 0 unspecified atom stereocenters. The van der Waals surface area contributed by atoms with Gasteiger partial charge in [0.15, 0.2) is 5.96 Å². The number of guanidine groups is 1. The molecule has 0 atom stereocenters. The zero-order valence-corrected chi connectivity index (χ0v) is 21.2. The maximum atomic E-state index is 13.5. The smallest absolute Gasteiger partial charge is 0.251 e. The van der Waals surface area contributed by atoms with Crippen LogP contribution in [0.1, 0.15) is 28.4 Å². The molecule has 3 N–H and O–H groups in total. The fraction of sp³-hybridized carbons (Fsp3) is 0.364. The largest absolute Gasteiger partial charge is 0.497 e. The minimum atomic E-state index is -0.232. The van der Waals surface area contributed by atoms with E-state index in [1.807, 2.05) is 13.2 Å². The molecular formula is C22H30FIN4O2S. The molecule has 170 valence electrons. The molecule has 0 bridgehead atoms. The quantitative estimate of drug-likeness (QED) is 0.179. The normalized spacial score (nSPS) is 10.8. The molecule has 0 aromatic heterocycles. The van der Waals surface area contributed by atoms with Gasteiger partial charge in [-0.3, -0.25) is 4.79 Å². The van der Waals surface area contributed by atoms with Gasteiger partial charge < -0.3 is 20.7 Å². The number of aliphatic imine (C=N–C) groups is 1. The topological polar surface area (TPSA) is 74.8 Å². The van der Waals surface area contributed by atoms with Gasteiger partial charge in [0.1, 0.15) is 11.6 Å². The molecule has 0 aliphatic carbocycles. The number of carbonyl (C=O) groups excluding carboxylic acids is 1. The SMILES string of the molecule is CCNC(=NCc1ccc(F)cc1CSC)NCCNC(=O)c1ccc(OC)cc1.I. The number of nitrogens with zero attached hydrogens (tertiary/aromatic N) is 1. The first-order chi connectivity index (χ1) is 14.6. The number of nitrogens with one attached hydrogen (secondary N) is 3. The first-order valence-electron chi connectivity index (χ1n) is 9.78. The van der Waals surface area contributed by atoms with Crippen LogP contribution in [-0.4, -0.2) is 44.9 Å². The van der Waals surface area contributed by atoms with Crippen molar-refractivity contribution >= 4 is 47.6 Å². The lowest BCUT2D eigenvalue weighted by atomic mass is 10.1. The summed E-state index contributed by atoms with van der Waals surface area (Å²) in [5.41, 5.74) is 2.53. The summed E-state index contributed by atoms with van der Waals surface area (Å²) in [7, 11) is 1.59. The van der Waals surface area contributed by atoms with Gasteiger partial charge in [0.25, 0.3) is 5.91 Å². The third kappa shape index (κ3) is 9.34. The molecule has 6 nitrogen and oxygen atoms in total. The molecule has 0 spiro atoms. The highest BCUT2D eigenvalue weighted by molar-refractivity contribution is 14.0. The van der Waals surface area contributed by atoms with Crippen molar-refractivity contribution in [1.29, 1.82) is 0 Å². The van der Waals surface area contributed by atoms with Crippen molar-refractivity contribution < 1.29 is 13.9 Å². The van der Waals surface area contributed by atoms with Crippen LogP contribution in [0.3, 0.4) is 0 Å². The van der Waals surface area contributed by atoms with Gasteiger partial charge in [-0.2, -0.15) is 11.8 Å². The Labute approximate surface area is 204 Å². The van der Waals surface area contributed by atoms with E-state index in [9.17, 15) is 9.18 Å². The minimum absolute atomic E-state index is 0. The maximum Gasteiger partial charge on any atom is 0.251 e. The second-order valence-corrected chi connectivity index (χ2v) is 7.32. The summed E-state index contributed by atoms with van der Waals surface area (Å²) in [4.78, 5) is 16.8. The number of halogens is 2. The number of carbonyl (C=O) groups is 1. The monoisotopic (exact) mass is 560 g/mol. The Morgan fingerprint density at radius 1 is 1.06 bits per heavy atom. The lowest BCUT2D eigenvalue weighted by Gasteiger charge is -2.13. The number of benzene rings is 2. The van der Waals surface area contributed by atoms with E-state index >= 15 is 0 Å². The average molecular weight is 560 g/mol. The number of methoxy groups -OCH3 is 1. The molecule has 9 heteroatoms. The van der Waals surface area contributed by atoms with E-state index in [4.69, 9.17) is 4.74 Å². The number of hydrogen-bond acceptors (Lipinski definition) is 4. The molecule has 1 amide bonds. The summed E-state index contributed by atoms with van der Waals surface area (Å²) in [6, 6.07) is 11.8. The van der Waals surface area contributed by atoms with Crippen LogP contribution in [0.25, 0.3) is 0 Å². The predicted octanol–water partition coefficient (Wildman–Crippen LogP) is 3.80. The molecule has 0 saturated heterocycles. The van der Waals surface area contributed by atoms with Crippen molar-refractivity contribution in [3.8, 4) is 5.75 Å². The van der Waals surface area contributed by atoms with Crippen LogP contribution in [0.4, 0.5) is 4.39 Å². The number of amides is 1. The lowest BCUT2D eigenvalue weighted by Crippen LogP contribution is -2.41. The predicted molar refractivity (Wildman–Crippen MR) is 137 cm³/mol. The molecule has 0 radical (unpaired) electrons. The number of rotatable bonds is 10. The molecule has 0 fully saturated rings. The first kappa shape index (κ1) is 27.0. The third-order valence-electron chi connectivity index (χ3n) is 4.28. The zero-order chi connectivity index (χ0) is 21.8. The van der Waals surface area contributed by atoms with Crippen molar-refractivity contribution in [2.75, 3.05) is 33.0 Å². The van der Waals surface area contributed by atoms with E-state index in [0.717, 1.165) is 16.9 Å². The van der Waals surface area contributed by atoms with Crippen molar-refractivity contribution in [1.82, 2.24) is 16.0 Å². The average Bonchev–Trinajstić information content (AvgIpc) is 2.76. The summed E-state index contributed by atoms with van der Waals surface area (Å²) in [5, 5.41) is 9.26. The molecule has 0 aliphatic heterocycles. The van der Waals surface area contributed by atoms with Crippen molar-refractivity contribution in [3.63, 3.8) is 0 Å². The van der Waals surface area contributed by atoms with E-state index in [1.54, 1.807) is 55.3 Å². The lowest BCUT2D eigenvalue weighted by molar-refractivity contribution is 0.0954. The van der Waals surface area contributed by atoms with E-state index < -0.39 is 0 Å². The number of thioether (sulfide) groups is 1. The molecular weight excluding hydrogens is 530 g/mol. The van der Waals surface area contributed by atoms with Crippen LogP contribution in [0.2, 0.25) is 0 Å². The Kier molecular flexibility index (Phi) is 13.0. The van der Waals surface area contributed by atoms with Crippen LogP contribution in [0.15, 0.2) is 47.5 Å². The van der Waals surface area contributed by atoms with Gasteiger partial charge in [-0.25, -0.2) is 9.38 Å². The summed E-state index contributed by atoms with van der Waals surface area (Å²) >= 11 is 1.65. The second kappa shape index (κ2) is 14.9. The molecule has 0 aliphatic rings. The molecule has 2 rings (SSSR count). The fourth-order valence-corrected chi connectivity index (χ4v) is 3.33. The summed E-state index contributed by atoms with van der Waals surface area (Å²) < 4.78 is 18.6. The number of ether oxygens (including phenoxy) is 1. The highest BCUT2D eigenvalue weighted by Crippen LogP contribution is 2.17. The van der Waals surface area contributed by atoms with E-state index in [-0.39, 0.29) is 35.7 Å². The molecule has 0 heterocycles. The second-order valence-electron chi connectivity index (χ2n) is 6.45.